The quantitative estimate of drug-likeness (QED) is 0.845. The lowest BCUT2D eigenvalue weighted by Crippen LogP contribution is -2.24. The highest BCUT2D eigenvalue weighted by atomic mass is 35.5. The van der Waals surface area contributed by atoms with Crippen LogP contribution in [-0.2, 0) is 7.05 Å². The van der Waals surface area contributed by atoms with Crippen molar-refractivity contribution >= 4 is 22.6 Å². The summed E-state index contributed by atoms with van der Waals surface area (Å²) in [6.07, 6.45) is 3.43. The highest BCUT2D eigenvalue weighted by Gasteiger charge is 2.29. The van der Waals surface area contributed by atoms with Gasteiger partial charge in [-0.25, -0.2) is 4.98 Å². The summed E-state index contributed by atoms with van der Waals surface area (Å²) < 4.78 is 2.10. The summed E-state index contributed by atoms with van der Waals surface area (Å²) in [6.45, 7) is 0. The first kappa shape index (κ1) is 11.1. The molecule has 1 aliphatic carbocycles. The zero-order valence-corrected chi connectivity index (χ0v) is 10.6. The predicted octanol–water partition coefficient (Wildman–Crippen LogP) is 2.82. The monoisotopic (exact) mass is 249 g/mol. The van der Waals surface area contributed by atoms with Crippen molar-refractivity contribution in [3.8, 4) is 0 Å². The standard InChI is InChI=1S/C13H16ClN3/c1-17-12-9(14)5-3-7-11(12)16-13(17)8-4-2-6-10(8)15/h3,5,7-8,10H,2,4,6,15H2,1H3. The van der Waals surface area contributed by atoms with Crippen molar-refractivity contribution in [1.29, 1.82) is 0 Å². The average molecular weight is 250 g/mol. The molecule has 3 nitrogen and oxygen atoms in total. The Bertz CT molecular complexity index is 561. The maximum atomic E-state index is 6.23. The van der Waals surface area contributed by atoms with Crippen LogP contribution in [-0.4, -0.2) is 15.6 Å². The largest absolute Gasteiger partial charge is 0.330 e. The Morgan fingerprint density at radius 3 is 2.88 bits per heavy atom. The van der Waals surface area contributed by atoms with Crippen molar-refractivity contribution in [2.75, 3.05) is 0 Å². The molecular weight excluding hydrogens is 234 g/mol. The van der Waals surface area contributed by atoms with Gasteiger partial charge >= 0.3 is 0 Å². The Morgan fingerprint density at radius 1 is 1.41 bits per heavy atom. The van der Waals surface area contributed by atoms with Crippen LogP contribution in [0.25, 0.3) is 11.0 Å². The zero-order valence-electron chi connectivity index (χ0n) is 9.86. The summed E-state index contributed by atoms with van der Waals surface area (Å²) in [6, 6.07) is 6.09. The number of benzene rings is 1. The minimum Gasteiger partial charge on any atom is -0.330 e. The van der Waals surface area contributed by atoms with Crippen LogP contribution >= 0.6 is 11.6 Å². The van der Waals surface area contributed by atoms with Gasteiger partial charge in [0.05, 0.1) is 16.1 Å². The van der Waals surface area contributed by atoms with Crippen molar-refractivity contribution in [3.63, 3.8) is 0 Å². The molecule has 1 aromatic heterocycles. The van der Waals surface area contributed by atoms with Crippen LogP contribution in [0.2, 0.25) is 5.02 Å². The molecular formula is C13H16ClN3. The second-order valence-electron chi connectivity index (χ2n) is 4.84. The molecule has 0 saturated heterocycles. The van der Waals surface area contributed by atoms with E-state index in [0.29, 0.717) is 5.92 Å². The van der Waals surface area contributed by atoms with E-state index >= 15 is 0 Å². The summed E-state index contributed by atoms with van der Waals surface area (Å²) in [5.41, 5.74) is 8.14. The van der Waals surface area contributed by atoms with Gasteiger partial charge in [-0.2, -0.15) is 0 Å². The van der Waals surface area contributed by atoms with Gasteiger partial charge in [-0.1, -0.05) is 24.1 Å². The van der Waals surface area contributed by atoms with Gasteiger partial charge in [-0.05, 0) is 25.0 Å². The third-order valence-electron chi connectivity index (χ3n) is 3.78. The number of hydrogen-bond acceptors (Lipinski definition) is 2. The summed E-state index contributed by atoms with van der Waals surface area (Å²) in [7, 11) is 2.03. The van der Waals surface area contributed by atoms with Gasteiger partial charge in [0.25, 0.3) is 0 Å². The van der Waals surface area contributed by atoms with Crippen molar-refractivity contribution in [2.45, 2.75) is 31.2 Å². The minimum atomic E-state index is 0.240. The van der Waals surface area contributed by atoms with E-state index in [9.17, 15) is 0 Å². The van der Waals surface area contributed by atoms with E-state index < -0.39 is 0 Å². The normalized spacial score (nSPS) is 24.6. The molecule has 0 spiro atoms. The van der Waals surface area contributed by atoms with Crippen LogP contribution in [0.4, 0.5) is 0 Å². The Hall–Kier alpha value is -1.06. The number of fused-ring (bicyclic) bond motifs is 1. The van der Waals surface area contributed by atoms with Gasteiger partial charge in [-0.3, -0.25) is 0 Å². The molecule has 2 atom stereocenters. The molecule has 1 heterocycles. The number of imidazole rings is 1. The number of nitrogens with two attached hydrogens (primary N) is 1. The lowest BCUT2D eigenvalue weighted by atomic mass is 10.0. The Morgan fingerprint density at radius 2 is 2.24 bits per heavy atom. The summed E-state index contributed by atoms with van der Waals surface area (Å²) in [5.74, 6) is 1.46. The van der Waals surface area contributed by atoms with Gasteiger partial charge in [-0.15, -0.1) is 0 Å². The Kier molecular flexibility index (Phi) is 2.60. The fourth-order valence-electron chi connectivity index (χ4n) is 2.88. The molecule has 0 radical (unpaired) electrons. The lowest BCUT2D eigenvalue weighted by molar-refractivity contribution is 0.565. The van der Waals surface area contributed by atoms with E-state index in [1.807, 2.05) is 25.2 Å². The number of aryl methyl sites for hydroxylation is 1. The molecule has 17 heavy (non-hydrogen) atoms. The van der Waals surface area contributed by atoms with Crippen LogP contribution in [0.1, 0.15) is 31.0 Å². The van der Waals surface area contributed by atoms with E-state index in [0.717, 1.165) is 34.7 Å². The summed E-state index contributed by atoms with van der Waals surface area (Å²) in [4.78, 5) is 4.70. The molecule has 1 saturated carbocycles. The smallest absolute Gasteiger partial charge is 0.114 e. The maximum Gasteiger partial charge on any atom is 0.114 e. The van der Waals surface area contributed by atoms with Crippen molar-refractivity contribution in [2.24, 2.45) is 12.8 Å². The fourth-order valence-corrected chi connectivity index (χ4v) is 3.18. The number of aromatic nitrogens is 2. The molecule has 0 amide bonds. The molecule has 2 aromatic rings. The van der Waals surface area contributed by atoms with Crippen LogP contribution in [0.3, 0.4) is 0 Å². The van der Waals surface area contributed by atoms with E-state index in [1.165, 1.54) is 6.42 Å². The van der Waals surface area contributed by atoms with Crippen LogP contribution < -0.4 is 5.73 Å². The molecule has 2 unspecified atom stereocenters. The van der Waals surface area contributed by atoms with Crippen molar-refractivity contribution in [3.05, 3.63) is 29.0 Å². The third kappa shape index (κ3) is 1.65. The van der Waals surface area contributed by atoms with Crippen LogP contribution in [0.15, 0.2) is 18.2 Å². The van der Waals surface area contributed by atoms with E-state index in [2.05, 4.69) is 4.57 Å². The number of nitrogens with zero attached hydrogens (tertiary/aromatic N) is 2. The van der Waals surface area contributed by atoms with Crippen LogP contribution in [0, 0.1) is 0 Å². The number of halogens is 1. The average Bonchev–Trinajstić information content (AvgIpc) is 2.84. The molecule has 4 heteroatoms. The summed E-state index contributed by atoms with van der Waals surface area (Å²) in [5, 5.41) is 0.760. The highest BCUT2D eigenvalue weighted by molar-refractivity contribution is 6.35. The topological polar surface area (TPSA) is 43.8 Å². The van der Waals surface area contributed by atoms with Crippen molar-refractivity contribution in [1.82, 2.24) is 9.55 Å². The highest BCUT2D eigenvalue weighted by Crippen LogP contribution is 2.35. The van der Waals surface area contributed by atoms with Gasteiger partial charge in [0, 0.05) is 19.0 Å². The molecule has 1 fully saturated rings. The van der Waals surface area contributed by atoms with Crippen molar-refractivity contribution < 1.29 is 0 Å². The maximum absolute atomic E-state index is 6.23. The van der Waals surface area contributed by atoms with E-state index in [4.69, 9.17) is 22.3 Å². The number of hydrogen-bond donors (Lipinski definition) is 1. The molecule has 1 aliphatic rings. The lowest BCUT2D eigenvalue weighted by Gasteiger charge is -2.14. The summed E-state index contributed by atoms with van der Waals surface area (Å²) >= 11 is 6.23. The first-order valence-electron chi connectivity index (χ1n) is 6.05. The third-order valence-corrected chi connectivity index (χ3v) is 4.09. The second kappa shape index (κ2) is 4.00. The zero-order chi connectivity index (χ0) is 12.0. The van der Waals surface area contributed by atoms with E-state index in [1.54, 1.807) is 0 Å². The van der Waals surface area contributed by atoms with Gasteiger partial charge in [0.1, 0.15) is 5.82 Å². The molecule has 1 aromatic carbocycles. The minimum absolute atomic E-state index is 0.240. The van der Waals surface area contributed by atoms with E-state index in [-0.39, 0.29) is 6.04 Å². The number of para-hydroxylation sites is 1. The molecule has 0 aliphatic heterocycles. The Labute approximate surface area is 106 Å². The molecule has 90 valence electrons. The second-order valence-corrected chi connectivity index (χ2v) is 5.25. The van der Waals surface area contributed by atoms with Gasteiger partial charge < -0.3 is 10.3 Å². The fraction of sp³-hybridized carbons (Fsp3) is 0.462. The Balaban J connectivity index is 2.18. The number of rotatable bonds is 1. The first-order chi connectivity index (χ1) is 8.18. The van der Waals surface area contributed by atoms with Gasteiger partial charge in [0.2, 0.25) is 0 Å². The predicted molar refractivity (Wildman–Crippen MR) is 70.3 cm³/mol. The van der Waals surface area contributed by atoms with Crippen LogP contribution in [0.5, 0.6) is 0 Å². The first-order valence-corrected chi connectivity index (χ1v) is 6.42. The van der Waals surface area contributed by atoms with Gasteiger partial charge in [0.15, 0.2) is 0 Å². The molecule has 2 N–H and O–H groups in total. The SMILES string of the molecule is Cn1c(C2CCCC2N)nc2cccc(Cl)c21. The molecule has 0 bridgehead atoms. The molecule has 3 rings (SSSR count).